The maximum absolute atomic E-state index is 2.37. The van der Waals surface area contributed by atoms with Gasteiger partial charge in [0.15, 0.2) is 0 Å². The summed E-state index contributed by atoms with van der Waals surface area (Å²) in [7, 11) is 0. The average Bonchev–Trinajstić information content (AvgIpc) is 1.95. The first-order valence-electron chi connectivity index (χ1n) is 4.63. The molecule has 0 saturated heterocycles. The fourth-order valence-corrected chi connectivity index (χ4v) is 1.90. The summed E-state index contributed by atoms with van der Waals surface area (Å²) in [5.74, 6) is 0.853. The van der Waals surface area contributed by atoms with Crippen molar-refractivity contribution in [3.05, 3.63) is 11.1 Å². The van der Waals surface area contributed by atoms with Crippen LogP contribution in [-0.2, 0) is 0 Å². The Morgan fingerprint density at radius 1 is 1.27 bits per heavy atom. The first-order chi connectivity index (χ1) is 4.96. The fourth-order valence-electron chi connectivity index (χ4n) is 1.90. The van der Waals surface area contributed by atoms with E-state index in [4.69, 9.17) is 0 Å². The van der Waals surface area contributed by atoms with E-state index in [9.17, 15) is 0 Å². The molecule has 0 saturated carbocycles. The van der Waals surface area contributed by atoms with Gasteiger partial charge >= 0.3 is 0 Å². The van der Waals surface area contributed by atoms with Gasteiger partial charge in [-0.1, -0.05) is 31.9 Å². The van der Waals surface area contributed by atoms with Crippen molar-refractivity contribution in [2.24, 2.45) is 11.3 Å². The van der Waals surface area contributed by atoms with E-state index in [1.807, 2.05) is 0 Å². The van der Waals surface area contributed by atoms with Gasteiger partial charge in [-0.25, -0.2) is 0 Å². The molecular weight excluding hydrogens is 132 g/mol. The summed E-state index contributed by atoms with van der Waals surface area (Å²) >= 11 is 0. The van der Waals surface area contributed by atoms with Crippen LogP contribution in [0.2, 0.25) is 0 Å². The predicted octanol–water partition coefficient (Wildman–Crippen LogP) is 3.78. The summed E-state index contributed by atoms with van der Waals surface area (Å²) in [6.45, 7) is 11.7. The average molecular weight is 152 g/mol. The van der Waals surface area contributed by atoms with Gasteiger partial charge < -0.3 is 0 Å². The Kier molecular flexibility index (Phi) is 2.13. The summed E-state index contributed by atoms with van der Waals surface area (Å²) in [4.78, 5) is 0. The molecular formula is C11H20. The van der Waals surface area contributed by atoms with Crippen molar-refractivity contribution in [3.63, 3.8) is 0 Å². The van der Waals surface area contributed by atoms with E-state index in [0.717, 1.165) is 5.92 Å². The van der Waals surface area contributed by atoms with E-state index in [0.29, 0.717) is 5.41 Å². The van der Waals surface area contributed by atoms with E-state index in [1.165, 1.54) is 12.8 Å². The van der Waals surface area contributed by atoms with Crippen molar-refractivity contribution in [3.8, 4) is 0 Å². The van der Waals surface area contributed by atoms with E-state index in [1.54, 1.807) is 11.1 Å². The molecule has 0 bridgehead atoms. The summed E-state index contributed by atoms with van der Waals surface area (Å²) in [5, 5.41) is 0. The normalized spacial score (nSPS) is 30.8. The molecule has 0 radical (unpaired) electrons. The molecule has 1 rings (SSSR count). The lowest BCUT2D eigenvalue weighted by molar-refractivity contribution is 0.250. The minimum atomic E-state index is 0.447. The summed E-state index contributed by atoms with van der Waals surface area (Å²) < 4.78 is 0. The van der Waals surface area contributed by atoms with Gasteiger partial charge in [0.2, 0.25) is 0 Å². The second-order valence-electron chi connectivity index (χ2n) is 4.57. The van der Waals surface area contributed by atoms with Crippen LogP contribution in [0.5, 0.6) is 0 Å². The number of rotatable bonds is 0. The number of hydrogen-bond donors (Lipinski definition) is 0. The fraction of sp³-hybridized carbons (Fsp3) is 0.818. The van der Waals surface area contributed by atoms with Crippen LogP contribution >= 0.6 is 0 Å². The van der Waals surface area contributed by atoms with Crippen LogP contribution in [0.15, 0.2) is 11.1 Å². The maximum Gasteiger partial charge on any atom is -0.0119 e. The van der Waals surface area contributed by atoms with Crippen molar-refractivity contribution in [2.75, 3.05) is 0 Å². The molecule has 64 valence electrons. The van der Waals surface area contributed by atoms with E-state index >= 15 is 0 Å². The molecule has 1 unspecified atom stereocenters. The Hall–Kier alpha value is -0.260. The van der Waals surface area contributed by atoms with Gasteiger partial charge in [0.25, 0.3) is 0 Å². The van der Waals surface area contributed by atoms with Gasteiger partial charge in [0.1, 0.15) is 0 Å². The molecule has 0 amide bonds. The summed E-state index contributed by atoms with van der Waals surface area (Å²) in [5.41, 5.74) is 3.69. The molecule has 0 aromatic heterocycles. The van der Waals surface area contributed by atoms with Crippen molar-refractivity contribution in [1.82, 2.24) is 0 Å². The monoisotopic (exact) mass is 152 g/mol. The highest BCUT2D eigenvalue weighted by Gasteiger charge is 2.31. The lowest BCUT2D eigenvalue weighted by atomic mass is 9.67. The highest BCUT2D eigenvalue weighted by Crippen LogP contribution is 2.43. The van der Waals surface area contributed by atoms with Crippen LogP contribution in [0.3, 0.4) is 0 Å². The molecule has 0 heteroatoms. The molecule has 1 aliphatic rings. The summed E-state index contributed by atoms with van der Waals surface area (Å²) in [6, 6.07) is 0. The topological polar surface area (TPSA) is 0 Å². The Morgan fingerprint density at radius 3 is 2.27 bits per heavy atom. The van der Waals surface area contributed by atoms with Crippen molar-refractivity contribution >= 4 is 0 Å². The van der Waals surface area contributed by atoms with Crippen LogP contribution in [0.25, 0.3) is 0 Å². The van der Waals surface area contributed by atoms with Crippen LogP contribution in [0.1, 0.15) is 47.5 Å². The molecule has 0 spiro atoms. The van der Waals surface area contributed by atoms with Gasteiger partial charge in [-0.3, -0.25) is 0 Å². The van der Waals surface area contributed by atoms with Gasteiger partial charge in [-0.2, -0.15) is 0 Å². The highest BCUT2D eigenvalue weighted by atomic mass is 14.4. The Bertz CT molecular complexity index is 184. The smallest absolute Gasteiger partial charge is 0.0119 e. The van der Waals surface area contributed by atoms with Gasteiger partial charge in [0, 0.05) is 0 Å². The van der Waals surface area contributed by atoms with Crippen molar-refractivity contribution in [2.45, 2.75) is 47.5 Å². The third-order valence-electron chi connectivity index (χ3n) is 3.79. The highest BCUT2D eigenvalue weighted by molar-refractivity contribution is 5.21. The molecule has 0 fully saturated rings. The molecule has 0 aromatic carbocycles. The lowest BCUT2D eigenvalue weighted by Crippen LogP contribution is -2.27. The second-order valence-corrected chi connectivity index (χ2v) is 4.57. The van der Waals surface area contributed by atoms with E-state index in [2.05, 4.69) is 34.6 Å². The first-order valence-corrected chi connectivity index (χ1v) is 4.63. The maximum atomic E-state index is 2.37. The Balaban J connectivity index is 2.98. The zero-order chi connectivity index (χ0) is 8.65. The molecule has 1 atom stereocenters. The molecule has 11 heavy (non-hydrogen) atoms. The Labute approximate surface area is 70.7 Å². The van der Waals surface area contributed by atoms with Gasteiger partial charge in [0.05, 0.1) is 0 Å². The third-order valence-corrected chi connectivity index (χ3v) is 3.79. The minimum Gasteiger partial charge on any atom is -0.0738 e. The number of hydrogen-bond acceptors (Lipinski definition) is 0. The van der Waals surface area contributed by atoms with Crippen LogP contribution in [0.4, 0.5) is 0 Å². The standard InChI is InChI=1S/C11H20/c1-8-6-7-9(2)11(4,5)10(8)3/h9H,6-7H2,1-5H3. The molecule has 1 aliphatic carbocycles. The van der Waals surface area contributed by atoms with E-state index < -0.39 is 0 Å². The zero-order valence-corrected chi connectivity index (χ0v) is 8.49. The largest absolute Gasteiger partial charge is 0.0738 e. The molecule has 0 N–H and O–H groups in total. The zero-order valence-electron chi connectivity index (χ0n) is 8.49. The van der Waals surface area contributed by atoms with Crippen LogP contribution < -0.4 is 0 Å². The van der Waals surface area contributed by atoms with Crippen LogP contribution in [-0.4, -0.2) is 0 Å². The molecule has 0 aliphatic heterocycles. The number of allylic oxidation sites excluding steroid dienone is 2. The molecule has 0 heterocycles. The Morgan fingerprint density at radius 2 is 1.82 bits per heavy atom. The SMILES string of the molecule is CC1=C(C)C(C)(C)C(C)CC1. The minimum absolute atomic E-state index is 0.447. The van der Waals surface area contributed by atoms with Crippen molar-refractivity contribution in [1.29, 1.82) is 0 Å². The predicted molar refractivity (Wildman–Crippen MR) is 50.6 cm³/mol. The van der Waals surface area contributed by atoms with Crippen LogP contribution in [0, 0.1) is 11.3 Å². The van der Waals surface area contributed by atoms with E-state index in [-0.39, 0.29) is 0 Å². The molecule has 0 aromatic rings. The van der Waals surface area contributed by atoms with Gasteiger partial charge in [-0.15, -0.1) is 0 Å². The summed E-state index contributed by atoms with van der Waals surface area (Å²) in [6.07, 6.45) is 2.69. The quantitative estimate of drug-likeness (QED) is 0.463. The van der Waals surface area contributed by atoms with Crippen molar-refractivity contribution < 1.29 is 0 Å². The first kappa shape index (κ1) is 8.83. The lowest BCUT2D eigenvalue weighted by Gasteiger charge is -2.38. The third kappa shape index (κ3) is 1.36. The van der Waals surface area contributed by atoms with Gasteiger partial charge in [-0.05, 0) is 38.0 Å². The second kappa shape index (κ2) is 2.66. The molecule has 0 nitrogen and oxygen atoms in total.